The van der Waals surface area contributed by atoms with Gasteiger partial charge in [0.25, 0.3) is 0 Å². The second-order valence-electron chi connectivity index (χ2n) is 6.33. The van der Waals surface area contributed by atoms with E-state index in [2.05, 4.69) is 15.0 Å². The van der Waals surface area contributed by atoms with E-state index < -0.39 is 5.97 Å². The number of piperidine rings is 1. The molecule has 142 valence electrons. The Morgan fingerprint density at radius 3 is 2.62 bits per heavy atom. The normalized spacial score (nSPS) is 15.8. The van der Waals surface area contributed by atoms with E-state index in [1.54, 1.807) is 12.1 Å². The van der Waals surface area contributed by atoms with Gasteiger partial charge in [-0.3, -0.25) is 14.6 Å². The summed E-state index contributed by atoms with van der Waals surface area (Å²) in [5.74, 6) is 0.357. The van der Waals surface area contributed by atoms with Crippen LogP contribution in [-0.2, 0) is 11.3 Å². The zero-order valence-electron chi connectivity index (χ0n) is 14.5. The van der Waals surface area contributed by atoms with Crippen LogP contribution in [0.4, 0.5) is 0 Å². The third-order valence-electron chi connectivity index (χ3n) is 4.49. The van der Waals surface area contributed by atoms with Crippen LogP contribution in [0.25, 0.3) is 11.4 Å². The summed E-state index contributed by atoms with van der Waals surface area (Å²) in [5.41, 5.74) is 0.869. The molecule has 1 N–H and O–H groups in total. The van der Waals surface area contributed by atoms with E-state index in [4.69, 9.17) is 21.2 Å². The second-order valence-corrected chi connectivity index (χ2v) is 6.77. The van der Waals surface area contributed by atoms with Gasteiger partial charge in [0, 0.05) is 29.7 Å². The summed E-state index contributed by atoms with van der Waals surface area (Å²) in [7, 11) is 1.87. The smallest absolute Gasteiger partial charge is 0.317 e. The number of carbonyl (C=O) groups is 1. The fourth-order valence-electron chi connectivity index (χ4n) is 3.09. The SMILES string of the molecule is CN(CC(=O)O)C1CCN(Cc2nc(-c3ccc(Cl)cc3)no2)CC1.Cl. The van der Waals surface area contributed by atoms with Gasteiger partial charge in [-0.15, -0.1) is 12.4 Å². The molecule has 1 aromatic carbocycles. The van der Waals surface area contributed by atoms with Crippen molar-refractivity contribution in [1.29, 1.82) is 0 Å². The summed E-state index contributed by atoms with van der Waals surface area (Å²) in [5, 5.41) is 13.6. The van der Waals surface area contributed by atoms with Gasteiger partial charge in [0.1, 0.15) is 0 Å². The Labute approximate surface area is 163 Å². The van der Waals surface area contributed by atoms with Crippen molar-refractivity contribution in [3.8, 4) is 11.4 Å². The molecule has 1 aromatic heterocycles. The Kier molecular flexibility index (Phi) is 7.40. The molecule has 1 aliphatic rings. The molecule has 0 bridgehead atoms. The van der Waals surface area contributed by atoms with Gasteiger partial charge in [0.05, 0.1) is 13.1 Å². The van der Waals surface area contributed by atoms with E-state index in [0.717, 1.165) is 31.5 Å². The van der Waals surface area contributed by atoms with Crippen LogP contribution < -0.4 is 0 Å². The Morgan fingerprint density at radius 2 is 2.00 bits per heavy atom. The summed E-state index contributed by atoms with van der Waals surface area (Å²) < 4.78 is 5.36. The monoisotopic (exact) mass is 400 g/mol. The van der Waals surface area contributed by atoms with Crippen molar-refractivity contribution in [1.82, 2.24) is 19.9 Å². The topological polar surface area (TPSA) is 82.7 Å². The molecule has 9 heteroatoms. The van der Waals surface area contributed by atoms with Crippen molar-refractivity contribution in [2.24, 2.45) is 0 Å². The largest absolute Gasteiger partial charge is 0.480 e. The van der Waals surface area contributed by atoms with Crippen molar-refractivity contribution in [3.63, 3.8) is 0 Å². The summed E-state index contributed by atoms with van der Waals surface area (Å²) in [6.07, 6.45) is 1.86. The van der Waals surface area contributed by atoms with Crippen LogP contribution in [-0.4, -0.2) is 63.7 Å². The van der Waals surface area contributed by atoms with Gasteiger partial charge in [-0.2, -0.15) is 4.98 Å². The van der Waals surface area contributed by atoms with Crippen LogP contribution in [0, 0.1) is 0 Å². The predicted molar refractivity (Wildman–Crippen MR) is 101 cm³/mol. The first kappa shape index (κ1) is 20.6. The fraction of sp³-hybridized carbons (Fsp3) is 0.471. The standard InChI is InChI=1S/C17H21ClN4O3.ClH/c1-21(11-16(23)24)14-6-8-22(9-7-14)10-15-19-17(20-25-15)12-2-4-13(18)5-3-12;/h2-5,14H,6-11H2,1H3,(H,23,24);1H. The molecule has 2 aromatic rings. The van der Waals surface area contributed by atoms with Gasteiger partial charge in [-0.1, -0.05) is 16.8 Å². The third-order valence-corrected chi connectivity index (χ3v) is 4.75. The summed E-state index contributed by atoms with van der Waals surface area (Å²) >= 11 is 5.89. The lowest BCUT2D eigenvalue weighted by Gasteiger charge is -2.35. The Morgan fingerprint density at radius 1 is 1.35 bits per heavy atom. The summed E-state index contributed by atoms with van der Waals surface area (Å²) in [6, 6.07) is 7.62. The average molecular weight is 401 g/mol. The van der Waals surface area contributed by atoms with E-state index in [9.17, 15) is 4.79 Å². The van der Waals surface area contributed by atoms with E-state index in [-0.39, 0.29) is 19.0 Å². The minimum Gasteiger partial charge on any atom is -0.480 e. The highest BCUT2D eigenvalue weighted by Gasteiger charge is 2.24. The lowest BCUT2D eigenvalue weighted by molar-refractivity contribution is -0.138. The number of carboxylic acid groups (broad SMARTS) is 1. The van der Waals surface area contributed by atoms with Crippen LogP contribution in [0.5, 0.6) is 0 Å². The van der Waals surface area contributed by atoms with Gasteiger partial charge in [-0.25, -0.2) is 0 Å². The maximum absolute atomic E-state index is 10.8. The minimum atomic E-state index is -0.787. The molecule has 0 amide bonds. The van der Waals surface area contributed by atoms with Crippen molar-refractivity contribution in [2.75, 3.05) is 26.7 Å². The number of hydrogen-bond donors (Lipinski definition) is 1. The van der Waals surface area contributed by atoms with Crippen molar-refractivity contribution in [2.45, 2.75) is 25.4 Å². The first-order valence-corrected chi connectivity index (χ1v) is 8.62. The molecule has 7 nitrogen and oxygen atoms in total. The highest BCUT2D eigenvalue weighted by atomic mass is 35.5. The highest BCUT2D eigenvalue weighted by Crippen LogP contribution is 2.20. The van der Waals surface area contributed by atoms with Gasteiger partial charge >= 0.3 is 5.97 Å². The lowest BCUT2D eigenvalue weighted by atomic mass is 10.0. The van der Waals surface area contributed by atoms with E-state index in [1.807, 2.05) is 24.1 Å². The van der Waals surface area contributed by atoms with Gasteiger partial charge in [0.15, 0.2) is 0 Å². The number of nitrogens with zero attached hydrogens (tertiary/aromatic N) is 4. The first-order valence-electron chi connectivity index (χ1n) is 8.24. The van der Waals surface area contributed by atoms with Crippen LogP contribution in [0.15, 0.2) is 28.8 Å². The molecule has 26 heavy (non-hydrogen) atoms. The lowest BCUT2D eigenvalue weighted by Crippen LogP contribution is -2.44. The van der Waals surface area contributed by atoms with E-state index in [1.165, 1.54) is 0 Å². The molecular weight excluding hydrogens is 379 g/mol. The van der Waals surface area contributed by atoms with Crippen molar-refractivity contribution >= 4 is 30.0 Å². The molecule has 0 unspecified atom stereocenters. The molecule has 1 aliphatic heterocycles. The number of carboxylic acids is 1. The van der Waals surface area contributed by atoms with Gasteiger partial charge < -0.3 is 9.63 Å². The molecule has 0 atom stereocenters. The quantitative estimate of drug-likeness (QED) is 0.797. The maximum atomic E-state index is 10.8. The Bertz CT molecular complexity index is 715. The van der Waals surface area contributed by atoms with Crippen LogP contribution >= 0.6 is 24.0 Å². The molecule has 2 heterocycles. The van der Waals surface area contributed by atoms with E-state index in [0.29, 0.717) is 29.3 Å². The fourth-order valence-corrected chi connectivity index (χ4v) is 3.21. The highest BCUT2D eigenvalue weighted by molar-refractivity contribution is 6.30. The van der Waals surface area contributed by atoms with Crippen LogP contribution in [0.2, 0.25) is 5.02 Å². The van der Waals surface area contributed by atoms with Crippen LogP contribution in [0.1, 0.15) is 18.7 Å². The number of benzene rings is 1. The summed E-state index contributed by atoms with van der Waals surface area (Å²) in [6.45, 7) is 2.45. The predicted octanol–water partition coefficient (Wildman–Crippen LogP) is 2.79. The second kappa shape index (κ2) is 9.32. The number of likely N-dealkylation sites (tertiary alicyclic amines) is 1. The third kappa shape index (κ3) is 5.41. The molecular formula is C17H22Cl2N4O3. The molecule has 1 fully saturated rings. The average Bonchev–Trinajstić information content (AvgIpc) is 3.04. The van der Waals surface area contributed by atoms with Crippen LogP contribution in [0.3, 0.4) is 0 Å². The molecule has 0 spiro atoms. The molecule has 0 radical (unpaired) electrons. The Balaban J connectivity index is 0.00000243. The van der Waals surface area contributed by atoms with Gasteiger partial charge in [0.2, 0.25) is 11.7 Å². The van der Waals surface area contributed by atoms with Gasteiger partial charge in [-0.05, 0) is 44.2 Å². The molecule has 1 saturated heterocycles. The first-order chi connectivity index (χ1) is 12.0. The zero-order valence-corrected chi connectivity index (χ0v) is 16.0. The number of likely N-dealkylation sites (N-methyl/N-ethyl adjacent to an activating group) is 1. The number of aromatic nitrogens is 2. The minimum absolute atomic E-state index is 0. The number of hydrogen-bond acceptors (Lipinski definition) is 6. The Hall–Kier alpha value is -1.67. The maximum Gasteiger partial charge on any atom is 0.317 e. The number of halogens is 2. The van der Waals surface area contributed by atoms with E-state index >= 15 is 0 Å². The molecule has 0 aliphatic carbocycles. The molecule has 3 rings (SSSR count). The number of rotatable bonds is 6. The number of aliphatic carboxylic acids is 1. The molecule has 0 saturated carbocycles. The summed E-state index contributed by atoms with van der Waals surface area (Å²) in [4.78, 5) is 19.4. The van der Waals surface area contributed by atoms with Crippen molar-refractivity contribution < 1.29 is 14.4 Å². The zero-order chi connectivity index (χ0) is 17.8. The van der Waals surface area contributed by atoms with Crippen molar-refractivity contribution in [3.05, 3.63) is 35.2 Å².